The molecule has 0 unspecified atom stereocenters. The molecule has 0 spiro atoms. The van der Waals surface area contributed by atoms with Gasteiger partial charge in [-0.3, -0.25) is 14.5 Å². The monoisotopic (exact) mass is 576 g/mol. The largest absolute Gasteiger partial charge is 0.493 e. The minimum Gasteiger partial charge on any atom is -0.493 e. The van der Waals surface area contributed by atoms with Gasteiger partial charge in [0.2, 0.25) is 10.0 Å². The van der Waals surface area contributed by atoms with Crippen LogP contribution in [0.3, 0.4) is 0 Å². The highest BCUT2D eigenvalue weighted by Crippen LogP contribution is 2.32. The fourth-order valence-electron chi connectivity index (χ4n) is 4.90. The molecule has 1 saturated heterocycles. The third-order valence-corrected chi connectivity index (χ3v) is 8.76. The maximum atomic E-state index is 13.6. The normalized spacial score (nSPS) is 14.9. The van der Waals surface area contributed by atoms with Gasteiger partial charge in [-0.25, -0.2) is 12.9 Å². The molecule has 0 amide bonds. The maximum absolute atomic E-state index is 13.6. The molecule has 0 atom stereocenters. The first kappa shape index (κ1) is 29.2. The average molecular weight is 577 g/mol. The van der Waals surface area contributed by atoms with Gasteiger partial charge >= 0.3 is 0 Å². The van der Waals surface area contributed by atoms with Crippen molar-refractivity contribution in [2.75, 3.05) is 45.9 Å². The van der Waals surface area contributed by atoms with E-state index in [4.69, 9.17) is 4.74 Å². The van der Waals surface area contributed by atoms with Crippen LogP contribution in [-0.2, 0) is 21.3 Å². The minimum absolute atomic E-state index is 0.00452. The minimum atomic E-state index is -3.92. The van der Waals surface area contributed by atoms with Crippen LogP contribution in [0.2, 0.25) is 0 Å². The summed E-state index contributed by atoms with van der Waals surface area (Å²) in [5.74, 6) is 0.453. The number of aryl methyl sites for hydroxylation is 2. The van der Waals surface area contributed by atoms with Crippen molar-refractivity contribution in [2.24, 2.45) is 0 Å². The molecule has 4 rings (SSSR count). The van der Waals surface area contributed by atoms with Crippen LogP contribution >= 0.6 is 0 Å². The van der Waals surface area contributed by atoms with Crippen LogP contribution < -0.4 is 10.3 Å². The van der Waals surface area contributed by atoms with E-state index in [0.717, 1.165) is 12.7 Å². The summed E-state index contributed by atoms with van der Waals surface area (Å²) < 4.78 is 35.7. The molecule has 216 valence electrons. The number of nitrogens with one attached hydrogen (secondary N) is 1. The molecule has 0 bridgehead atoms. The summed E-state index contributed by atoms with van der Waals surface area (Å²) in [6.45, 7) is 7.14. The van der Waals surface area contributed by atoms with Crippen LogP contribution in [0, 0.1) is 17.0 Å². The number of ether oxygens (including phenoxy) is 1. The summed E-state index contributed by atoms with van der Waals surface area (Å²) in [5, 5.41) is 14.1. The first-order valence-corrected chi connectivity index (χ1v) is 14.4. The van der Waals surface area contributed by atoms with Crippen LogP contribution in [-0.4, -0.2) is 89.5 Å². The quantitative estimate of drug-likeness (QED) is 0.190. The Labute approximate surface area is 230 Å². The number of aromatic nitrogens is 3. The predicted octanol–water partition coefficient (Wildman–Crippen LogP) is 1.68. The molecule has 14 nitrogen and oxygen atoms in total. The first-order valence-electron chi connectivity index (χ1n) is 13.0. The predicted molar refractivity (Wildman–Crippen MR) is 145 cm³/mol. The summed E-state index contributed by atoms with van der Waals surface area (Å²) in [6.07, 6.45) is 1.97. The van der Waals surface area contributed by atoms with Gasteiger partial charge in [0.25, 0.3) is 10.6 Å². The second kappa shape index (κ2) is 12.1. The summed E-state index contributed by atoms with van der Waals surface area (Å²) >= 11 is 0. The van der Waals surface area contributed by atoms with Crippen LogP contribution in [0.4, 0.5) is 0 Å². The number of carbonyl (C=O) groups is 1. The van der Waals surface area contributed by atoms with Crippen LogP contribution in [0.25, 0.3) is 16.9 Å². The number of piperazine rings is 1. The Hall–Kier alpha value is -3.82. The van der Waals surface area contributed by atoms with Gasteiger partial charge in [0.05, 0.1) is 22.8 Å². The van der Waals surface area contributed by atoms with Crippen molar-refractivity contribution in [3.05, 3.63) is 55.5 Å². The first-order chi connectivity index (χ1) is 19.1. The number of hydrogen-bond donors (Lipinski definition) is 1. The van der Waals surface area contributed by atoms with Gasteiger partial charge in [0.15, 0.2) is 12.1 Å². The molecule has 3 aromatic rings. The Morgan fingerprint density at radius 1 is 1.20 bits per heavy atom. The molecule has 0 aliphatic carbocycles. The molecule has 1 aliphatic rings. The van der Waals surface area contributed by atoms with E-state index < -0.39 is 20.7 Å². The van der Waals surface area contributed by atoms with E-state index in [1.54, 1.807) is 13.8 Å². The number of nitrogens with zero attached hydrogens (tertiary/aromatic N) is 5. The molecular formula is C25H32N6O8S. The van der Waals surface area contributed by atoms with E-state index in [0.29, 0.717) is 60.8 Å². The Bertz CT molecular complexity index is 1570. The van der Waals surface area contributed by atoms with E-state index in [2.05, 4.69) is 14.9 Å². The second-order valence-corrected chi connectivity index (χ2v) is 11.2. The zero-order valence-corrected chi connectivity index (χ0v) is 23.4. The zero-order valence-electron chi connectivity index (χ0n) is 22.6. The highest BCUT2D eigenvalue weighted by molar-refractivity contribution is 7.89. The number of aldehydes is 1. The Morgan fingerprint density at radius 3 is 2.55 bits per heavy atom. The van der Waals surface area contributed by atoms with Crippen molar-refractivity contribution >= 4 is 21.8 Å². The van der Waals surface area contributed by atoms with Gasteiger partial charge in [0.1, 0.15) is 17.9 Å². The number of benzene rings is 1. The lowest BCUT2D eigenvalue weighted by Crippen LogP contribution is -2.49. The number of hydrogen-bond acceptors (Lipinski definition) is 10. The summed E-state index contributed by atoms with van der Waals surface area (Å²) in [4.78, 5) is 44.4. The molecular weight excluding hydrogens is 544 g/mol. The molecule has 3 heterocycles. The number of rotatable bonds is 12. The van der Waals surface area contributed by atoms with Gasteiger partial charge < -0.3 is 14.6 Å². The van der Waals surface area contributed by atoms with Crippen molar-refractivity contribution in [2.45, 2.75) is 38.5 Å². The van der Waals surface area contributed by atoms with Crippen LogP contribution in [0.5, 0.6) is 5.75 Å². The van der Waals surface area contributed by atoms with Crippen molar-refractivity contribution in [3.8, 4) is 17.1 Å². The molecule has 2 aromatic heterocycles. The number of carbonyl (C=O) groups excluding carboxylic acids is 1. The standard InChI is InChI=1S/C25H32N6O8S/c1-4-6-21-20(16-32)17(3)23-25(33)26-24(27-30(21)23)19-15-18(7-8-22(19)38-5-2)40(36,37)29-11-9-28(10-12-29)13-14-39-31(34)35/h7-8,15-16H,4-6,9-14H2,1-3H3,(H,26,27,33). The highest BCUT2D eigenvalue weighted by Gasteiger charge is 2.30. The number of aromatic amines is 1. The van der Waals surface area contributed by atoms with E-state index in [1.807, 2.05) is 11.8 Å². The summed E-state index contributed by atoms with van der Waals surface area (Å²) in [7, 11) is -3.92. The smallest absolute Gasteiger partial charge is 0.294 e. The Kier molecular flexibility index (Phi) is 8.85. The number of H-pyrrole nitrogens is 1. The second-order valence-electron chi connectivity index (χ2n) is 9.31. The van der Waals surface area contributed by atoms with Crippen LogP contribution in [0.15, 0.2) is 27.9 Å². The third kappa shape index (κ3) is 5.71. The van der Waals surface area contributed by atoms with Crippen molar-refractivity contribution < 1.29 is 27.9 Å². The lowest BCUT2D eigenvalue weighted by molar-refractivity contribution is -0.757. The van der Waals surface area contributed by atoms with E-state index in [1.165, 1.54) is 27.0 Å². The lowest BCUT2D eigenvalue weighted by Gasteiger charge is -2.33. The zero-order chi connectivity index (χ0) is 29.0. The molecule has 40 heavy (non-hydrogen) atoms. The number of fused-ring (bicyclic) bond motifs is 1. The van der Waals surface area contributed by atoms with E-state index in [-0.39, 0.29) is 35.9 Å². The topological polar surface area (TPSA) is 169 Å². The average Bonchev–Trinajstić information content (AvgIpc) is 3.20. The number of sulfonamides is 1. The maximum Gasteiger partial charge on any atom is 0.294 e. The fourth-order valence-corrected chi connectivity index (χ4v) is 6.35. The molecule has 1 N–H and O–H groups in total. The Balaban J connectivity index is 1.71. The fraction of sp³-hybridized carbons (Fsp3) is 0.480. The SMILES string of the molecule is CCCc1c(C=O)c(C)c2c(=O)[nH]c(-c3cc(S(=O)(=O)N4CCN(CCO[N+](=O)[O-])CC4)ccc3OCC)nn12. The lowest BCUT2D eigenvalue weighted by atomic mass is 10.1. The van der Waals surface area contributed by atoms with Crippen molar-refractivity contribution in [3.63, 3.8) is 0 Å². The van der Waals surface area contributed by atoms with Crippen molar-refractivity contribution in [1.82, 2.24) is 23.8 Å². The summed E-state index contributed by atoms with van der Waals surface area (Å²) in [6, 6.07) is 4.41. The Morgan fingerprint density at radius 2 is 1.93 bits per heavy atom. The molecule has 1 fully saturated rings. The molecule has 1 aliphatic heterocycles. The van der Waals surface area contributed by atoms with Gasteiger partial charge in [-0.15, -0.1) is 15.2 Å². The van der Waals surface area contributed by atoms with Gasteiger partial charge in [-0.05, 0) is 44.0 Å². The van der Waals surface area contributed by atoms with E-state index in [9.17, 15) is 28.1 Å². The molecule has 1 aromatic carbocycles. The van der Waals surface area contributed by atoms with Crippen LogP contribution in [0.1, 0.15) is 41.9 Å². The molecule has 15 heteroatoms. The van der Waals surface area contributed by atoms with Gasteiger partial charge in [0, 0.05) is 38.3 Å². The molecule has 0 radical (unpaired) electrons. The summed E-state index contributed by atoms with van der Waals surface area (Å²) in [5.41, 5.74) is 1.66. The molecule has 0 saturated carbocycles. The van der Waals surface area contributed by atoms with Gasteiger partial charge in [-0.1, -0.05) is 13.3 Å². The van der Waals surface area contributed by atoms with Gasteiger partial charge in [-0.2, -0.15) is 4.31 Å². The van der Waals surface area contributed by atoms with E-state index >= 15 is 0 Å². The highest BCUT2D eigenvalue weighted by atomic mass is 32.2. The third-order valence-electron chi connectivity index (χ3n) is 6.87. The van der Waals surface area contributed by atoms with Crippen molar-refractivity contribution in [1.29, 1.82) is 0 Å².